The van der Waals surface area contributed by atoms with E-state index in [1.165, 1.54) is 6.08 Å². The van der Waals surface area contributed by atoms with E-state index in [-0.39, 0.29) is 31.1 Å². The van der Waals surface area contributed by atoms with Gasteiger partial charge in [0.2, 0.25) is 18.6 Å². The Bertz CT molecular complexity index is 1160. The van der Waals surface area contributed by atoms with Crippen molar-refractivity contribution >= 4 is 29.8 Å². The Morgan fingerprint density at radius 1 is 1.17 bits per heavy atom. The van der Waals surface area contributed by atoms with Gasteiger partial charge in [-0.15, -0.1) is 5.10 Å². The van der Waals surface area contributed by atoms with E-state index in [9.17, 15) is 9.59 Å². The summed E-state index contributed by atoms with van der Waals surface area (Å²) in [5, 5.41) is 9.70. The SMILES string of the molecule is O=C(/C=C/c1ccc2c(c1)OCO2)Nc1nc2n(n1)[C@@H](c1ccccc1)CC(=O)N2. The van der Waals surface area contributed by atoms with Gasteiger partial charge < -0.3 is 9.47 Å². The van der Waals surface area contributed by atoms with Crippen molar-refractivity contribution in [3.05, 3.63) is 65.7 Å². The predicted octanol–water partition coefficient (Wildman–Crippen LogP) is 2.59. The molecule has 0 aliphatic carbocycles. The number of rotatable bonds is 4. The molecular weight excluding hydrogens is 386 g/mol. The van der Waals surface area contributed by atoms with E-state index in [1.54, 1.807) is 22.9 Å². The first kappa shape index (κ1) is 17.9. The molecule has 9 heteroatoms. The van der Waals surface area contributed by atoms with Gasteiger partial charge in [-0.05, 0) is 29.3 Å². The van der Waals surface area contributed by atoms with Gasteiger partial charge in [-0.3, -0.25) is 20.2 Å². The molecule has 0 spiro atoms. The van der Waals surface area contributed by atoms with Crippen LogP contribution >= 0.6 is 0 Å². The summed E-state index contributed by atoms with van der Waals surface area (Å²) in [7, 11) is 0. The molecule has 150 valence electrons. The van der Waals surface area contributed by atoms with Crippen LogP contribution in [-0.2, 0) is 9.59 Å². The summed E-state index contributed by atoms with van der Waals surface area (Å²) < 4.78 is 12.2. The third-order valence-corrected chi connectivity index (χ3v) is 4.80. The Labute approximate surface area is 171 Å². The van der Waals surface area contributed by atoms with E-state index in [1.807, 2.05) is 36.4 Å². The zero-order chi connectivity index (χ0) is 20.5. The number of aromatic nitrogens is 3. The molecule has 2 aromatic carbocycles. The molecule has 5 rings (SSSR count). The lowest BCUT2D eigenvalue weighted by Gasteiger charge is -2.23. The normalized spacial score (nSPS) is 16.9. The molecule has 3 heterocycles. The van der Waals surface area contributed by atoms with Crippen LogP contribution in [0.1, 0.15) is 23.6 Å². The van der Waals surface area contributed by atoms with Crippen LogP contribution in [0.15, 0.2) is 54.6 Å². The highest BCUT2D eigenvalue weighted by Gasteiger charge is 2.29. The summed E-state index contributed by atoms with van der Waals surface area (Å²) in [6.07, 6.45) is 3.28. The Kier molecular flexibility index (Phi) is 4.40. The van der Waals surface area contributed by atoms with Gasteiger partial charge in [0, 0.05) is 6.08 Å². The number of hydrogen-bond acceptors (Lipinski definition) is 6. The maximum absolute atomic E-state index is 12.3. The van der Waals surface area contributed by atoms with Crippen LogP contribution in [0.3, 0.4) is 0 Å². The van der Waals surface area contributed by atoms with Gasteiger partial charge in [-0.2, -0.15) is 4.98 Å². The molecule has 0 saturated heterocycles. The standard InChI is InChI=1S/C21H17N5O4/c27-18(9-7-13-6-8-16-17(10-13)30-12-29-16)22-20-24-21-23-19(28)11-15(26(21)25-20)14-4-2-1-3-5-14/h1-10,15H,11-12H2,(H2,22,23,24,25,27,28)/b9-7+/t15-/m1/s1. The molecule has 3 aromatic rings. The van der Waals surface area contributed by atoms with Crippen LogP contribution in [0.5, 0.6) is 11.5 Å². The maximum Gasteiger partial charge on any atom is 0.250 e. The smallest absolute Gasteiger partial charge is 0.250 e. The van der Waals surface area contributed by atoms with Crippen molar-refractivity contribution < 1.29 is 19.1 Å². The number of amides is 2. The second kappa shape index (κ2) is 7.36. The highest BCUT2D eigenvalue weighted by molar-refractivity contribution is 6.01. The number of hydrogen-bond donors (Lipinski definition) is 2. The van der Waals surface area contributed by atoms with Gasteiger partial charge in [0.15, 0.2) is 11.5 Å². The molecule has 2 aliphatic rings. The molecule has 1 atom stereocenters. The number of nitrogens with one attached hydrogen (secondary N) is 2. The molecule has 0 fully saturated rings. The first-order valence-electron chi connectivity index (χ1n) is 9.36. The lowest BCUT2D eigenvalue weighted by Crippen LogP contribution is -2.29. The fourth-order valence-corrected chi connectivity index (χ4v) is 3.39. The van der Waals surface area contributed by atoms with Crippen LogP contribution in [-0.4, -0.2) is 33.4 Å². The van der Waals surface area contributed by atoms with Crippen LogP contribution in [0, 0.1) is 0 Å². The minimum absolute atomic E-state index is 0.119. The van der Waals surface area contributed by atoms with Crippen molar-refractivity contribution in [3.63, 3.8) is 0 Å². The molecule has 1 aromatic heterocycles. The fourth-order valence-electron chi connectivity index (χ4n) is 3.39. The average Bonchev–Trinajstić information content (AvgIpc) is 3.38. The van der Waals surface area contributed by atoms with Crippen molar-refractivity contribution in [2.45, 2.75) is 12.5 Å². The first-order chi connectivity index (χ1) is 14.7. The number of anilines is 2. The van der Waals surface area contributed by atoms with Gasteiger partial charge in [-0.25, -0.2) is 4.68 Å². The number of carbonyl (C=O) groups is 2. The van der Waals surface area contributed by atoms with Crippen LogP contribution in [0.4, 0.5) is 11.9 Å². The lowest BCUT2D eigenvalue weighted by atomic mass is 10.0. The van der Waals surface area contributed by atoms with E-state index in [4.69, 9.17) is 9.47 Å². The number of carbonyl (C=O) groups excluding carboxylic acids is 2. The van der Waals surface area contributed by atoms with Crippen molar-refractivity contribution in [2.75, 3.05) is 17.4 Å². The predicted molar refractivity (Wildman–Crippen MR) is 108 cm³/mol. The third kappa shape index (κ3) is 3.48. The second-order valence-electron chi connectivity index (χ2n) is 6.82. The Morgan fingerprint density at radius 2 is 2.00 bits per heavy atom. The van der Waals surface area contributed by atoms with E-state index in [0.717, 1.165) is 11.1 Å². The average molecular weight is 403 g/mol. The molecule has 9 nitrogen and oxygen atoms in total. The van der Waals surface area contributed by atoms with Gasteiger partial charge in [0.25, 0.3) is 11.9 Å². The van der Waals surface area contributed by atoms with E-state index in [0.29, 0.717) is 17.4 Å². The summed E-state index contributed by atoms with van der Waals surface area (Å²) in [5.74, 6) is 1.20. The van der Waals surface area contributed by atoms with E-state index in [2.05, 4.69) is 20.7 Å². The zero-order valence-electron chi connectivity index (χ0n) is 15.7. The largest absolute Gasteiger partial charge is 0.454 e. The van der Waals surface area contributed by atoms with Gasteiger partial charge in [0.05, 0.1) is 12.5 Å². The minimum atomic E-state index is -0.391. The topological polar surface area (TPSA) is 107 Å². The van der Waals surface area contributed by atoms with Crippen molar-refractivity contribution in [2.24, 2.45) is 0 Å². The van der Waals surface area contributed by atoms with E-state index >= 15 is 0 Å². The minimum Gasteiger partial charge on any atom is -0.454 e. The molecule has 2 N–H and O–H groups in total. The van der Waals surface area contributed by atoms with Gasteiger partial charge >= 0.3 is 0 Å². The summed E-state index contributed by atoms with van der Waals surface area (Å²) in [6, 6.07) is 14.7. The number of ether oxygens (including phenoxy) is 2. The molecule has 2 amide bonds. The second-order valence-corrected chi connectivity index (χ2v) is 6.82. The third-order valence-electron chi connectivity index (χ3n) is 4.80. The Hall–Kier alpha value is -4.14. The molecule has 0 saturated carbocycles. The van der Waals surface area contributed by atoms with Gasteiger partial charge in [0.1, 0.15) is 0 Å². The molecule has 30 heavy (non-hydrogen) atoms. The summed E-state index contributed by atoms with van der Waals surface area (Å²) >= 11 is 0. The number of benzene rings is 2. The maximum atomic E-state index is 12.3. The van der Waals surface area contributed by atoms with Crippen molar-refractivity contribution in [1.82, 2.24) is 14.8 Å². The monoisotopic (exact) mass is 403 g/mol. The molecule has 2 aliphatic heterocycles. The summed E-state index contributed by atoms with van der Waals surface area (Å²) in [5.41, 5.74) is 1.74. The molecular formula is C21H17N5O4. The Morgan fingerprint density at radius 3 is 2.87 bits per heavy atom. The highest BCUT2D eigenvalue weighted by atomic mass is 16.7. The zero-order valence-corrected chi connectivity index (χ0v) is 15.7. The van der Waals surface area contributed by atoms with Crippen molar-refractivity contribution in [3.8, 4) is 11.5 Å². The van der Waals surface area contributed by atoms with Crippen molar-refractivity contribution in [1.29, 1.82) is 0 Å². The highest BCUT2D eigenvalue weighted by Crippen LogP contribution is 2.33. The molecule has 0 radical (unpaired) electrons. The van der Waals surface area contributed by atoms with Crippen LogP contribution in [0.2, 0.25) is 0 Å². The summed E-state index contributed by atoms with van der Waals surface area (Å²) in [6.45, 7) is 0.195. The number of nitrogens with zero attached hydrogens (tertiary/aromatic N) is 3. The van der Waals surface area contributed by atoms with Crippen LogP contribution in [0.25, 0.3) is 6.08 Å². The lowest BCUT2D eigenvalue weighted by molar-refractivity contribution is -0.117. The fraction of sp³-hybridized carbons (Fsp3) is 0.143. The Balaban J connectivity index is 1.32. The quantitative estimate of drug-likeness (QED) is 0.649. The first-order valence-corrected chi connectivity index (χ1v) is 9.36. The van der Waals surface area contributed by atoms with Crippen LogP contribution < -0.4 is 20.1 Å². The van der Waals surface area contributed by atoms with E-state index < -0.39 is 5.91 Å². The number of fused-ring (bicyclic) bond motifs is 2. The van der Waals surface area contributed by atoms with Gasteiger partial charge in [-0.1, -0.05) is 36.4 Å². The summed E-state index contributed by atoms with van der Waals surface area (Å²) in [4.78, 5) is 28.6. The molecule has 0 bridgehead atoms. The molecule has 0 unspecified atom stereocenters.